The highest BCUT2D eigenvalue weighted by Crippen LogP contribution is 2.12. The van der Waals surface area contributed by atoms with Gasteiger partial charge in [-0.25, -0.2) is 14.4 Å². The molecule has 1 N–H and O–H groups in total. The number of halogens is 1. The van der Waals surface area contributed by atoms with Crippen LogP contribution in [0.25, 0.3) is 0 Å². The van der Waals surface area contributed by atoms with Crippen LogP contribution in [0.4, 0.5) is 16.0 Å². The van der Waals surface area contributed by atoms with Crippen LogP contribution in [0.2, 0.25) is 0 Å². The van der Waals surface area contributed by atoms with E-state index in [1.54, 1.807) is 24.5 Å². The maximum Gasteiger partial charge on any atom is 0.225 e. The van der Waals surface area contributed by atoms with Gasteiger partial charge in [-0.05, 0) is 37.2 Å². The lowest BCUT2D eigenvalue weighted by atomic mass is 10.3. The average molecular weight is 343 g/mol. The maximum atomic E-state index is 13.1. The largest absolute Gasteiger partial charge is 0.339 e. The molecular weight excluding hydrogens is 321 g/mol. The molecule has 0 unspecified atom stereocenters. The number of carbonyl (C=O) groups is 1. The number of amides is 1. The number of hydrogen-bond acceptors (Lipinski definition) is 5. The molecule has 1 amide bonds. The molecule has 1 aromatic carbocycles. The Morgan fingerprint density at radius 2 is 1.96 bits per heavy atom. The van der Waals surface area contributed by atoms with Gasteiger partial charge in [-0.1, -0.05) is 6.07 Å². The third-order valence-corrected chi connectivity index (χ3v) is 4.19. The van der Waals surface area contributed by atoms with E-state index in [-0.39, 0.29) is 11.7 Å². The number of hydrogen-bond donors (Lipinski definition) is 1. The normalized spacial score (nSPS) is 15.6. The molecule has 25 heavy (non-hydrogen) atoms. The lowest BCUT2D eigenvalue weighted by Crippen LogP contribution is -2.33. The summed E-state index contributed by atoms with van der Waals surface area (Å²) in [6.45, 7) is 4.25. The van der Waals surface area contributed by atoms with Crippen molar-refractivity contribution in [1.29, 1.82) is 0 Å². The van der Waals surface area contributed by atoms with E-state index in [4.69, 9.17) is 0 Å². The minimum atomic E-state index is -0.353. The molecule has 1 fully saturated rings. The molecule has 0 radical (unpaired) electrons. The minimum absolute atomic E-state index is 0.0990. The number of carbonyl (C=O) groups excluding carboxylic acids is 1. The molecule has 132 valence electrons. The highest BCUT2D eigenvalue weighted by molar-refractivity contribution is 5.90. The first-order valence-corrected chi connectivity index (χ1v) is 8.50. The smallest absolute Gasteiger partial charge is 0.225 e. The van der Waals surface area contributed by atoms with Crippen LogP contribution in [0.15, 0.2) is 42.7 Å². The summed E-state index contributed by atoms with van der Waals surface area (Å²) < 4.78 is 13.1. The Morgan fingerprint density at radius 1 is 1.12 bits per heavy atom. The van der Waals surface area contributed by atoms with Gasteiger partial charge in [-0.15, -0.1) is 0 Å². The van der Waals surface area contributed by atoms with Crippen LogP contribution in [0.1, 0.15) is 12.8 Å². The second kappa shape index (κ2) is 8.53. The van der Waals surface area contributed by atoms with Crippen molar-refractivity contribution in [2.45, 2.75) is 12.8 Å². The van der Waals surface area contributed by atoms with Gasteiger partial charge in [0.15, 0.2) is 0 Å². The van der Waals surface area contributed by atoms with Crippen molar-refractivity contribution in [1.82, 2.24) is 14.9 Å². The molecular formula is C18H22FN5O. The molecule has 6 nitrogen and oxygen atoms in total. The maximum absolute atomic E-state index is 13.1. The van der Waals surface area contributed by atoms with Crippen LogP contribution < -0.4 is 10.2 Å². The lowest BCUT2D eigenvalue weighted by molar-refractivity contribution is -0.116. The fourth-order valence-electron chi connectivity index (χ4n) is 2.90. The van der Waals surface area contributed by atoms with Gasteiger partial charge >= 0.3 is 0 Å². The van der Waals surface area contributed by atoms with Gasteiger partial charge in [0.1, 0.15) is 5.82 Å². The van der Waals surface area contributed by atoms with E-state index in [1.165, 1.54) is 12.1 Å². The Kier molecular flexibility index (Phi) is 5.90. The highest BCUT2D eigenvalue weighted by Gasteiger charge is 2.17. The van der Waals surface area contributed by atoms with E-state index in [2.05, 4.69) is 25.1 Å². The first kappa shape index (κ1) is 17.3. The number of rotatable bonds is 5. The molecule has 2 aromatic rings. The van der Waals surface area contributed by atoms with E-state index in [9.17, 15) is 9.18 Å². The van der Waals surface area contributed by atoms with Crippen LogP contribution in [-0.2, 0) is 4.79 Å². The van der Waals surface area contributed by atoms with E-state index in [0.29, 0.717) is 18.7 Å². The topological polar surface area (TPSA) is 61.4 Å². The van der Waals surface area contributed by atoms with Crippen LogP contribution in [0.3, 0.4) is 0 Å². The summed E-state index contributed by atoms with van der Waals surface area (Å²) in [7, 11) is 0. The van der Waals surface area contributed by atoms with Gasteiger partial charge in [0.25, 0.3) is 0 Å². The zero-order valence-electron chi connectivity index (χ0n) is 14.1. The summed E-state index contributed by atoms with van der Waals surface area (Å²) in [5.74, 6) is 0.305. The first-order valence-electron chi connectivity index (χ1n) is 8.50. The van der Waals surface area contributed by atoms with Crippen molar-refractivity contribution < 1.29 is 9.18 Å². The van der Waals surface area contributed by atoms with E-state index in [0.717, 1.165) is 38.5 Å². The van der Waals surface area contributed by atoms with Crippen LogP contribution in [-0.4, -0.2) is 53.5 Å². The van der Waals surface area contributed by atoms with Gasteiger partial charge in [0, 0.05) is 50.7 Å². The lowest BCUT2D eigenvalue weighted by Gasteiger charge is -2.21. The molecule has 7 heteroatoms. The Balaban J connectivity index is 1.45. The number of nitrogens with zero attached hydrogens (tertiary/aromatic N) is 4. The Morgan fingerprint density at radius 3 is 2.76 bits per heavy atom. The van der Waals surface area contributed by atoms with Crippen molar-refractivity contribution in [2.24, 2.45) is 0 Å². The summed E-state index contributed by atoms with van der Waals surface area (Å²) in [6.07, 6.45) is 4.89. The molecule has 2 heterocycles. The van der Waals surface area contributed by atoms with Crippen molar-refractivity contribution in [2.75, 3.05) is 42.9 Å². The summed E-state index contributed by atoms with van der Waals surface area (Å²) in [6, 6.07) is 7.76. The predicted octanol–water partition coefficient (Wildman–Crippen LogP) is 2.16. The van der Waals surface area contributed by atoms with Crippen LogP contribution >= 0.6 is 0 Å². The SMILES string of the molecule is O=C(CCN1CCCN(c2ncccn2)CC1)Nc1cccc(F)c1. The molecule has 0 spiro atoms. The summed E-state index contributed by atoms with van der Waals surface area (Å²) in [4.78, 5) is 25.1. The summed E-state index contributed by atoms with van der Waals surface area (Å²) in [5.41, 5.74) is 0.494. The van der Waals surface area contributed by atoms with E-state index < -0.39 is 0 Å². The van der Waals surface area contributed by atoms with Gasteiger partial charge in [0.2, 0.25) is 11.9 Å². The van der Waals surface area contributed by atoms with Gasteiger partial charge in [0.05, 0.1) is 0 Å². The average Bonchev–Trinajstić information content (AvgIpc) is 2.86. The monoisotopic (exact) mass is 343 g/mol. The third-order valence-electron chi connectivity index (χ3n) is 4.19. The zero-order chi connectivity index (χ0) is 17.5. The van der Waals surface area contributed by atoms with E-state index >= 15 is 0 Å². The molecule has 1 saturated heterocycles. The fraction of sp³-hybridized carbons (Fsp3) is 0.389. The second-order valence-electron chi connectivity index (χ2n) is 6.04. The third kappa shape index (κ3) is 5.22. The van der Waals surface area contributed by atoms with Gasteiger partial charge in [-0.3, -0.25) is 4.79 Å². The zero-order valence-corrected chi connectivity index (χ0v) is 14.1. The van der Waals surface area contributed by atoms with Gasteiger partial charge < -0.3 is 15.1 Å². The van der Waals surface area contributed by atoms with Gasteiger partial charge in [-0.2, -0.15) is 0 Å². The van der Waals surface area contributed by atoms with Crippen molar-refractivity contribution in [3.63, 3.8) is 0 Å². The Labute approximate surface area is 146 Å². The number of benzene rings is 1. The number of anilines is 2. The Bertz CT molecular complexity index is 697. The molecule has 0 aliphatic carbocycles. The summed E-state index contributed by atoms with van der Waals surface area (Å²) >= 11 is 0. The van der Waals surface area contributed by atoms with Crippen molar-refractivity contribution in [3.8, 4) is 0 Å². The van der Waals surface area contributed by atoms with Crippen molar-refractivity contribution in [3.05, 3.63) is 48.5 Å². The first-order chi connectivity index (χ1) is 12.2. The molecule has 0 saturated carbocycles. The van der Waals surface area contributed by atoms with E-state index in [1.807, 2.05) is 6.07 Å². The fourth-order valence-corrected chi connectivity index (χ4v) is 2.90. The molecule has 0 atom stereocenters. The molecule has 1 aromatic heterocycles. The summed E-state index contributed by atoms with van der Waals surface area (Å²) in [5, 5.41) is 2.74. The van der Waals surface area contributed by atoms with Crippen LogP contribution in [0, 0.1) is 5.82 Å². The quantitative estimate of drug-likeness (QED) is 0.901. The molecule has 0 bridgehead atoms. The Hall–Kier alpha value is -2.54. The number of aromatic nitrogens is 2. The van der Waals surface area contributed by atoms with Crippen LogP contribution in [0.5, 0.6) is 0 Å². The van der Waals surface area contributed by atoms with Crippen molar-refractivity contribution >= 4 is 17.5 Å². The highest BCUT2D eigenvalue weighted by atomic mass is 19.1. The second-order valence-corrected chi connectivity index (χ2v) is 6.04. The standard InChI is InChI=1S/C18H22FN5O/c19-15-4-1-5-16(14-15)22-17(25)6-11-23-9-3-10-24(13-12-23)18-20-7-2-8-21-18/h1-2,4-5,7-8,14H,3,6,9-13H2,(H,22,25). The number of nitrogens with one attached hydrogen (secondary N) is 1. The predicted molar refractivity (Wildman–Crippen MR) is 94.9 cm³/mol. The minimum Gasteiger partial charge on any atom is -0.339 e. The molecule has 1 aliphatic rings. The molecule has 1 aliphatic heterocycles. The molecule has 3 rings (SSSR count).